The number of nitrogens with one attached hydrogen (secondary N) is 3. The number of carbonyl (C=O) groups is 1. The molecule has 0 aromatic heterocycles. The van der Waals surface area contributed by atoms with Crippen LogP contribution < -0.4 is 15.8 Å². The molecule has 1 aliphatic heterocycles. The maximum atomic E-state index is 12.9. The lowest BCUT2D eigenvalue weighted by molar-refractivity contribution is 0.157. The van der Waals surface area contributed by atoms with Crippen LogP contribution in [-0.4, -0.2) is 29.6 Å². The topological polar surface area (TPSA) is 130 Å². The molecule has 0 radical (unpaired) electrons. The van der Waals surface area contributed by atoms with Crippen molar-refractivity contribution >= 4 is 27.8 Å². The Kier molecular flexibility index (Phi) is 5.11. The summed E-state index contributed by atoms with van der Waals surface area (Å²) in [5, 5.41) is 19.2. The number of hydrogen-bond donors (Lipinski definition) is 4. The van der Waals surface area contributed by atoms with E-state index >= 15 is 0 Å². The minimum atomic E-state index is -3.61. The monoisotopic (exact) mass is 403 g/mol. The lowest BCUT2D eigenvalue weighted by Crippen LogP contribution is -2.30. The van der Waals surface area contributed by atoms with Crippen molar-refractivity contribution in [2.45, 2.75) is 44.9 Å². The van der Waals surface area contributed by atoms with Crippen LogP contribution in [0.25, 0.3) is 0 Å². The molecule has 1 fully saturated rings. The molecule has 9 heteroatoms. The normalized spacial score (nSPS) is 21.5. The highest BCUT2D eigenvalue weighted by Gasteiger charge is 2.26. The Morgan fingerprint density at radius 3 is 2.46 bits per heavy atom. The van der Waals surface area contributed by atoms with Crippen molar-refractivity contribution in [3.63, 3.8) is 0 Å². The van der Waals surface area contributed by atoms with E-state index in [4.69, 9.17) is 15.3 Å². The number of nitrogens with zero attached hydrogens (tertiary/aromatic N) is 1. The first-order valence-electron chi connectivity index (χ1n) is 9.63. The van der Waals surface area contributed by atoms with Gasteiger partial charge in [-0.1, -0.05) is 6.07 Å². The van der Waals surface area contributed by atoms with Crippen LogP contribution in [0.1, 0.15) is 41.5 Å². The van der Waals surface area contributed by atoms with Crippen molar-refractivity contribution in [3.8, 4) is 0 Å². The van der Waals surface area contributed by atoms with Crippen LogP contribution in [0.5, 0.6) is 0 Å². The Morgan fingerprint density at radius 2 is 1.89 bits per heavy atom. The summed E-state index contributed by atoms with van der Waals surface area (Å²) >= 11 is 0. The van der Waals surface area contributed by atoms with Crippen LogP contribution in [0.15, 0.2) is 21.2 Å². The molecule has 3 aliphatic rings. The number of anilines is 1. The summed E-state index contributed by atoms with van der Waals surface area (Å²) in [6.07, 6.45) is 7.64. The Balaban J connectivity index is 1.66. The van der Waals surface area contributed by atoms with Gasteiger partial charge in [0.2, 0.25) is 5.88 Å². The van der Waals surface area contributed by atoms with E-state index in [0.29, 0.717) is 13.2 Å². The average molecular weight is 404 g/mol. The minimum absolute atomic E-state index is 0.106. The number of urea groups is 1. The number of rotatable bonds is 3. The molecule has 150 valence electrons. The van der Waals surface area contributed by atoms with Crippen molar-refractivity contribution in [2.24, 2.45) is 9.50 Å². The van der Waals surface area contributed by atoms with Crippen LogP contribution >= 0.6 is 0 Å². The number of hydrogen-bond acceptors (Lipinski definition) is 5. The first kappa shape index (κ1) is 18.9. The molecular weight excluding hydrogens is 378 g/mol. The number of fused-ring (bicyclic) bond motifs is 2. The molecular formula is C19H25N5O3S. The molecule has 1 saturated heterocycles. The fraction of sp³-hybridized carbons (Fsp3) is 0.474. The summed E-state index contributed by atoms with van der Waals surface area (Å²) in [5.41, 5.74) is 5.71. The van der Waals surface area contributed by atoms with Gasteiger partial charge in [0.05, 0.1) is 6.61 Å². The van der Waals surface area contributed by atoms with Crippen LogP contribution in [0.3, 0.4) is 0 Å². The summed E-state index contributed by atoms with van der Waals surface area (Å²) in [6.45, 7) is 1.06. The number of ether oxygens (including phenoxy) is 1. The molecule has 0 bridgehead atoms. The Morgan fingerprint density at radius 1 is 1.21 bits per heavy atom. The van der Waals surface area contributed by atoms with Gasteiger partial charge in [0, 0.05) is 18.4 Å². The van der Waals surface area contributed by atoms with Crippen molar-refractivity contribution in [1.29, 1.82) is 5.41 Å². The van der Waals surface area contributed by atoms with Crippen LogP contribution in [0.2, 0.25) is 0 Å². The molecule has 1 aromatic carbocycles. The zero-order chi connectivity index (χ0) is 19.7. The van der Waals surface area contributed by atoms with Gasteiger partial charge in [-0.2, -0.15) is 0 Å². The van der Waals surface area contributed by atoms with E-state index in [2.05, 4.69) is 21.1 Å². The molecule has 5 N–H and O–H groups in total. The SMILES string of the molecule is N=C/C(=C1\NCCCO1)S(N)(=O)=NC(=O)Nc1c2c(cc3c1CCC3)CCC2. The van der Waals surface area contributed by atoms with E-state index in [-0.39, 0.29) is 10.8 Å². The van der Waals surface area contributed by atoms with E-state index in [1.165, 1.54) is 11.1 Å². The van der Waals surface area contributed by atoms with Gasteiger partial charge in [0.15, 0.2) is 9.92 Å². The second-order valence-corrected chi connectivity index (χ2v) is 9.05. The number of benzene rings is 1. The van der Waals surface area contributed by atoms with Crippen LogP contribution in [-0.2, 0) is 40.3 Å². The highest BCUT2D eigenvalue weighted by Crippen LogP contribution is 2.38. The third-order valence-electron chi connectivity index (χ3n) is 5.45. The van der Waals surface area contributed by atoms with Crippen LogP contribution in [0.4, 0.5) is 10.5 Å². The molecule has 28 heavy (non-hydrogen) atoms. The predicted octanol–water partition coefficient (Wildman–Crippen LogP) is 2.37. The molecule has 1 atom stereocenters. The predicted molar refractivity (Wildman–Crippen MR) is 109 cm³/mol. The number of amides is 2. The minimum Gasteiger partial charge on any atom is -0.478 e. The molecule has 1 aromatic rings. The molecule has 2 aliphatic carbocycles. The van der Waals surface area contributed by atoms with Gasteiger partial charge in [-0.05, 0) is 67.2 Å². The van der Waals surface area contributed by atoms with Crippen molar-refractivity contribution in [2.75, 3.05) is 18.5 Å². The Bertz CT molecular complexity index is 952. The van der Waals surface area contributed by atoms with E-state index in [9.17, 15) is 9.00 Å². The molecule has 1 unspecified atom stereocenters. The second-order valence-electron chi connectivity index (χ2n) is 7.29. The fourth-order valence-electron chi connectivity index (χ4n) is 4.21. The third kappa shape index (κ3) is 3.51. The van der Waals surface area contributed by atoms with Gasteiger partial charge < -0.3 is 20.8 Å². The summed E-state index contributed by atoms with van der Waals surface area (Å²) in [5.74, 6) is 0.159. The maximum Gasteiger partial charge on any atom is 0.354 e. The first-order chi connectivity index (χ1) is 13.5. The zero-order valence-electron chi connectivity index (χ0n) is 15.7. The second kappa shape index (κ2) is 7.56. The van der Waals surface area contributed by atoms with Crippen molar-refractivity contribution in [3.05, 3.63) is 39.1 Å². The number of nitrogens with two attached hydrogens (primary N) is 1. The largest absolute Gasteiger partial charge is 0.478 e. The highest BCUT2D eigenvalue weighted by molar-refractivity contribution is 7.96. The maximum absolute atomic E-state index is 12.9. The molecule has 4 rings (SSSR count). The van der Waals surface area contributed by atoms with Crippen LogP contribution in [0, 0.1) is 5.41 Å². The van der Waals surface area contributed by atoms with Crippen molar-refractivity contribution in [1.82, 2.24) is 5.32 Å². The summed E-state index contributed by atoms with van der Waals surface area (Å²) in [6, 6.07) is 1.52. The van der Waals surface area contributed by atoms with Gasteiger partial charge in [0.25, 0.3) is 0 Å². The number of allylic oxidation sites excluding steroid dienone is 1. The molecule has 0 saturated carbocycles. The van der Waals surface area contributed by atoms with E-state index in [1.807, 2.05) is 0 Å². The van der Waals surface area contributed by atoms with Gasteiger partial charge >= 0.3 is 6.03 Å². The van der Waals surface area contributed by atoms with Gasteiger partial charge in [0.1, 0.15) is 4.91 Å². The van der Waals surface area contributed by atoms with Crippen molar-refractivity contribution < 1.29 is 13.7 Å². The third-order valence-corrected chi connectivity index (χ3v) is 6.82. The summed E-state index contributed by atoms with van der Waals surface area (Å²) in [4.78, 5) is 12.5. The smallest absolute Gasteiger partial charge is 0.354 e. The number of carbonyl (C=O) groups excluding carboxylic acids is 1. The Labute approximate surface area is 164 Å². The first-order valence-corrected chi connectivity index (χ1v) is 11.2. The molecule has 0 spiro atoms. The van der Waals surface area contributed by atoms with E-state index in [1.54, 1.807) is 0 Å². The fourth-order valence-corrected chi connectivity index (χ4v) is 5.17. The van der Waals surface area contributed by atoms with E-state index in [0.717, 1.165) is 68.0 Å². The molecule has 2 amide bonds. The quantitative estimate of drug-likeness (QED) is 0.577. The van der Waals surface area contributed by atoms with E-state index < -0.39 is 15.9 Å². The van der Waals surface area contributed by atoms with Gasteiger partial charge in [-0.3, -0.25) is 0 Å². The standard InChI is InChI=1S/C19H25N5O3S/c20-11-16(18-22-8-3-9-27-18)28(21,26)24-19(25)23-17-14-6-1-4-12(14)10-13-5-2-7-15(13)17/h10-11,20,22H,1-9H2,(H3,21,23,24,25,26)/b18-16-,20-11?. The zero-order valence-corrected chi connectivity index (χ0v) is 16.5. The lowest BCUT2D eigenvalue weighted by Gasteiger charge is -2.20. The summed E-state index contributed by atoms with van der Waals surface area (Å²) < 4.78 is 22.0. The Hall–Kier alpha value is -2.39. The average Bonchev–Trinajstić information content (AvgIpc) is 3.31. The highest BCUT2D eigenvalue weighted by atomic mass is 32.2. The van der Waals surface area contributed by atoms with Gasteiger partial charge in [-0.25, -0.2) is 14.1 Å². The van der Waals surface area contributed by atoms with Gasteiger partial charge in [-0.15, -0.1) is 4.36 Å². The molecule has 8 nitrogen and oxygen atoms in total. The number of aryl methyl sites for hydroxylation is 2. The molecule has 1 heterocycles. The summed E-state index contributed by atoms with van der Waals surface area (Å²) in [7, 11) is -3.61. The lowest BCUT2D eigenvalue weighted by atomic mass is 9.99.